The molecule has 3 aliphatic rings. The highest BCUT2D eigenvalue weighted by molar-refractivity contribution is 5.92. The summed E-state index contributed by atoms with van der Waals surface area (Å²) in [7, 11) is 0. The number of aromatic nitrogens is 2. The number of carbonyl (C=O) groups is 1. The summed E-state index contributed by atoms with van der Waals surface area (Å²) in [6.45, 7) is 5.08. The summed E-state index contributed by atoms with van der Waals surface area (Å²) in [5.74, 6) is 0.464. The van der Waals surface area contributed by atoms with E-state index in [0.717, 1.165) is 64.7 Å². The first-order valence-electron chi connectivity index (χ1n) is 9.89. The van der Waals surface area contributed by atoms with Crippen LogP contribution in [-0.4, -0.2) is 77.2 Å². The van der Waals surface area contributed by atoms with E-state index in [-0.39, 0.29) is 12.0 Å². The molecule has 1 saturated carbocycles. The highest BCUT2D eigenvalue weighted by Gasteiger charge is 2.28. The third kappa shape index (κ3) is 4.15. The molecule has 0 atom stereocenters. The summed E-state index contributed by atoms with van der Waals surface area (Å²) in [4.78, 5) is 25.8. The largest absolute Gasteiger partial charge is 0.473 e. The molecule has 4 rings (SSSR count). The molecule has 0 spiro atoms. The van der Waals surface area contributed by atoms with Gasteiger partial charge in [0.2, 0.25) is 5.88 Å². The van der Waals surface area contributed by atoms with Crippen LogP contribution >= 0.6 is 0 Å². The van der Waals surface area contributed by atoms with Crippen molar-refractivity contribution in [3.8, 4) is 5.88 Å². The fourth-order valence-electron chi connectivity index (χ4n) is 3.87. The van der Waals surface area contributed by atoms with Gasteiger partial charge < -0.3 is 14.4 Å². The molecule has 7 heteroatoms. The molecular weight excluding hydrogens is 332 g/mol. The lowest BCUT2D eigenvalue weighted by Gasteiger charge is -2.36. The van der Waals surface area contributed by atoms with Gasteiger partial charge in [-0.05, 0) is 19.3 Å². The summed E-state index contributed by atoms with van der Waals surface area (Å²) in [5, 5.41) is 0. The Bertz CT molecular complexity index is 599. The van der Waals surface area contributed by atoms with Crippen LogP contribution in [0.5, 0.6) is 5.88 Å². The zero-order chi connectivity index (χ0) is 17.8. The summed E-state index contributed by atoms with van der Waals surface area (Å²) in [5.41, 5.74) is 0.404. The van der Waals surface area contributed by atoms with Crippen LogP contribution in [0.3, 0.4) is 0 Å². The highest BCUT2D eigenvalue weighted by Crippen LogP contribution is 2.25. The average Bonchev–Trinajstić information content (AvgIpc) is 2.87. The van der Waals surface area contributed by atoms with Crippen LogP contribution in [0.15, 0.2) is 12.4 Å². The van der Waals surface area contributed by atoms with Crippen LogP contribution in [0.25, 0.3) is 0 Å². The van der Waals surface area contributed by atoms with E-state index in [0.29, 0.717) is 11.6 Å². The molecule has 3 fully saturated rings. The zero-order valence-corrected chi connectivity index (χ0v) is 15.3. The fourth-order valence-corrected chi connectivity index (χ4v) is 3.87. The van der Waals surface area contributed by atoms with Gasteiger partial charge in [-0.1, -0.05) is 6.42 Å². The van der Waals surface area contributed by atoms with Crippen LogP contribution in [-0.2, 0) is 4.74 Å². The van der Waals surface area contributed by atoms with Gasteiger partial charge in [-0.15, -0.1) is 0 Å². The number of hydrogen-bond donors (Lipinski definition) is 0. The lowest BCUT2D eigenvalue weighted by molar-refractivity contribution is 0.0235. The van der Waals surface area contributed by atoms with Gasteiger partial charge in [-0.3, -0.25) is 9.69 Å². The second-order valence-electron chi connectivity index (χ2n) is 7.44. The van der Waals surface area contributed by atoms with E-state index in [4.69, 9.17) is 9.47 Å². The van der Waals surface area contributed by atoms with Gasteiger partial charge >= 0.3 is 0 Å². The lowest BCUT2D eigenvalue weighted by atomic mass is 9.91. The Morgan fingerprint density at radius 3 is 2.54 bits per heavy atom. The molecule has 1 aromatic rings. The SMILES string of the molecule is O=C(c1cnc(OC2CCOCC2)cn1)N1CCCN(C2CCC2)CC1. The summed E-state index contributed by atoms with van der Waals surface area (Å²) >= 11 is 0. The van der Waals surface area contributed by atoms with Crippen LogP contribution in [0.4, 0.5) is 0 Å². The molecule has 26 heavy (non-hydrogen) atoms. The Hall–Kier alpha value is -1.73. The standard InChI is InChI=1S/C19H28N4O3/c24-19(23-8-2-7-22(9-10-23)15-3-1-4-15)17-13-21-18(14-20-17)26-16-5-11-25-12-6-16/h13-16H,1-12H2. The average molecular weight is 360 g/mol. The number of nitrogens with zero attached hydrogens (tertiary/aromatic N) is 4. The monoisotopic (exact) mass is 360 g/mol. The first kappa shape index (κ1) is 17.7. The number of hydrogen-bond acceptors (Lipinski definition) is 6. The first-order valence-corrected chi connectivity index (χ1v) is 9.89. The van der Waals surface area contributed by atoms with Crippen molar-refractivity contribution in [2.24, 2.45) is 0 Å². The van der Waals surface area contributed by atoms with Gasteiger partial charge in [0.1, 0.15) is 11.8 Å². The summed E-state index contributed by atoms with van der Waals surface area (Å²) in [6, 6.07) is 0.742. The van der Waals surface area contributed by atoms with Crippen molar-refractivity contribution in [3.63, 3.8) is 0 Å². The molecular formula is C19H28N4O3. The summed E-state index contributed by atoms with van der Waals surface area (Å²) < 4.78 is 11.2. The zero-order valence-electron chi connectivity index (χ0n) is 15.3. The van der Waals surface area contributed by atoms with Crippen LogP contribution in [0.2, 0.25) is 0 Å². The van der Waals surface area contributed by atoms with Gasteiger partial charge in [0.25, 0.3) is 5.91 Å². The minimum absolute atomic E-state index is 0.0226. The van der Waals surface area contributed by atoms with Crippen LogP contribution < -0.4 is 4.74 Å². The number of rotatable bonds is 4. The maximum Gasteiger partial charge on any atom is 0.274 e. The van der Waals surface area contributed by atoms with E-state index in [9.17, 15) is 4.79 Å². The molecule has 1 aliphatic carbocycles. The normalized spacial score (nSPS) is 23.3. The minimum atomic E-state index is -0.0226. The Morgan fingerprint density at radius 1 is 1.00 bits per heavy atom. The smallest absolute Gasteiger partial charge is 0.274 e. The molecule has 0 unspecified atom stereocenters. The Labute approximate surface area is 154 Å². The predicted molar refractivity (Wildman–Crippen MR) is 96.2 cm³/mol. The minimum Gasteiger partial charge on any atom is -0.473 e. The van der Waals surface area contributed by atoms with E-state index in [1.807, 2.05) is 4.90 Å². The van der Waals surface area contributed by atoms with Crippen LogP contribution in [0.1, 0.15) is 49.0 Å². The molecule has 0 N–H and O–H groups in total. The molecule has 2 aliphatic heterocycles. The van der Waals surface area contributed by atoms with Gasteiger partial charge in [0, 0.05) is 45.1 Å². The molecule has 142 valence electrons. The lowest BCUT2D eigenvalue weighted by Crippen LogP contribution is -2.42. The molecule has 7 nitrogen and oxygen atoms in total. The van der Waals surface area contributed by atoms with Gasteiger partial charge in [-0.2, -0.15) is 0 Å². The van der Waals surface area contributed by atoms with E-state index in [1.165, 1.54) is 19.3 Å². The Kier molecular flexibility index (Phi) is 5.65. The van der Waals surface area contributed by atoms with E-state index >= 15 is 0 Å². The van der Waals surface area contributed by atoms with E-state index < -0.39 is 0 Å². The quantitative estimate of drug-likeness (QED) is 0.815. The number of amides is 1. The second kappa shape index (κ2) is 8.31. The van der Waals surface area contributed by atoms with Crippen molar-refractivity contribution in [3.05, 3.63) is 18.1 Å². The third-order valence-electron chi connectivity index (χ3n) is 5.71. The van der Waals surface area contributed by atoms with Gasteiger partial charge in [0.05, 0.1) is 25.6 Å². The summed E-state index contributed by atoms with van der Waals surface area (Å²) in [6.07, 6.45) is 9.99. The van der Waals surface area contributed by atoms with Gasteiger partial charge in [0.15, 0.2) is 0 Å². The molecule has 0 bridgehead atoms. The predicted octanol–water partition coefficient (Wildman–Crippen LogP) is 1.73. The fraction of sp³-hybridized carbons (Fsp3) is 0.737. The van der Waals surface area contributed by atoms with Crippen molar-refractivity contribution in [1.29, 1.82) is 0 Å². The van der Waals surface area contributed by atoms with E-state index in [1.54, 1.807) is 12.4 Å². The second-order valence-corrected chi connectivity index (χ2v) is 7.44. The van der Waals surface area contributed by atoms with Crippen molar-refractivity contribution >= 4 is 5.91 Å². The maximum atomic E-state index is 12.8. The van der Waals surface area contributed by atoms with Crippen molar-refractivity contribution in [2.75, 3.05) is 39.4 Å². The van der Waals surface area contributed by atoms with Crippen molar-refractivity contribution < 1.29 is 14.3 Å². The highest BCUT2D eigenvalue weighted by atomic mass is 16.5. The molecule has 2 saturated heterocycles. The molecule has 1 aromatic heterocycles. The third-order valence-corrected chi connectivity index (χ3v) is 5.71. The molecule has 0 radical (unpaired) electrons. The molecule has 0 aromatic carbocycles. The number of carbonyl (C=O) groups excluding carboxylic acids is 1. The van der Waals surface area contributed by atoms with Crippen molar-refractivity contribution in [1.82, 2.24) is 19.8 Å². The molecule has 1 amide bonds. The Balaban J connectivity index is 1.32. The van der Waals surface area contributed by atoms with Gasteiger partial charge in [-0.25, -0.2) is 9.97 Å². The van der Waals surface area contributed by atoms with Crippen molar-refractivity contribution in [2.45, 2.75) is 50.7 Å². The first-order chi connectivity index (χ1) is 12.8. The molecule has 3 heterocycles. The Morgan fingerprint density at radius 2 is 1.85 bits per heavy atom. The topological polar surface area (TPSA) is 67.8 Å². The van der Waals surface area contributed by atoms with E-state index in [2.05, 4.69) is 14.9 Å². The van der Waals surface area contributed by atoms with Crippen LogP contribution in [0, 0.1) is 0 Å². The maximum absolute atomic E-state index is 12.8. The number of ether oxygens (including phenoxy) is 2.